The van der Waals surface area contributed by atoms with Crippen LogP contribution in [0.2, 0.25) is 5.02 Å². The highest BCUT2D eigenvalue weighted by molar-refractivity contribution is 9.10. The van der Waals surface area contributed by atoms with Crippen LogP contribution in [-0.2, 0) is 11.2 Å². The molecule has 0 unspecified atom stereocenters. The number of rotatable bonds is 5. The van der Waals surface area contributed by atoms with Gasteiger partial charge in [-0.3, -0.25) is 4.79 Å². The zero-order valence-electron chi connectivity index (χ0n) is 9.77. The smallest absolute Gasteiger partial charge is 0.303 e. The Bertz CT molecular complexity index is 600. The lowest BCUT2D eigenvalue weighted by Crippen LogP contribution is -1.95. The highest BCUT2D eigenvalue weighted by atomic mass is 79.9. The minimum Gasteiger partial charge on any atom is -0.481 e. The van der Waals surface area contributed by atoms with E-state index in [0.29, 0.717) is 29.6 Å². The van der Waals surface area contributed by atoms with Crippen molar-refractivity contribution in [1.29, 1.82) is 0 Å². The second kappa shape index (κ2) is 6.16. The van der Waals surface area contributed by atoms with Gasteiger partial charge in [-0.25, -0.2) is 0 Å². The van der Waals surface area contributed by atoms with Crippen LogP contribution in [0.4, 0.5) is 0 Å². The highest BCUT2D eigenvalue weighted by Crippen LogP contribution is 2.28. The first kappa shape index (κ1) is 14.0. The Morgan fingerprint density at radius 1 is 1.42 bits per heavy atom. The van der Waals surface area contributed by atoms with Crippen molar-refractivity contribution in [2.24, 2.45) is 0 Å². The van der Waals surface area contributed by atoms with E-state index in [1.807, 2.05) is 0 Å². The number of halogens is 2. The molecule has 0 radical (unpaired) electrons. The molecule has 0 aliphatic carbocycles. The van der Waals surface area contributed by atoms with Crippen LogP contribution in [0, 0.1) is 0 Å². The molecule has 0 aliphatic heterocycles. The summed E-state index contributed by atoms with van der Waals surface area (Å²) < 4.78 is 6.21. The van der Waals surface area contributed by atoms with E-state index >= 15 is 0 Å². The molecule has 0 saturated heterocycles. The van der Waals surface area contributed by atoms with Crippen molar-refractivity contribution in [2.75, 3.05) is 0 Å². The highest BCUT2D eigenvalue weighted by Gasteiger charge is 2.10. The SMILES string of the molecule is O=C(O)CCCc1nnc(-c2ccc(Cl)c(Br)c2)o1. The molecule has 0 spiro atoms. The van der Waals surface area contributed by atoms with Crippen LogP contribution in [0.3, 0.4) is 0 Å². The summed E-state index contributed by atoms with van der Waals surface area (Å²) in [5.41, 5.74) is 0.758. The molecule has 0 aliphatic rings. The number of aromatic nitrogens is 2. The summed E-state index contributed by atoms with van der Waals surface area (Å²) in [6.45, 7) is 0. The van der Waals surface area contributed by atoms with Gasteiger partial charge in [-0.05, 0) is 40.5 Å². The van der Waals surface area contributed by atoms with Crippen molar-refractivity contribution < 1.29 is 14.3 Å². The number of nitrogens with zero attached hydrogens (tertiary/aromatic N) is 2. The van der Waals surface area contributed by atoms with Crippen molar-refractivity contribution in [1.82, 2.24) is 10.2 Å². The van der Waals surface area contributed by atoms with Gasteiger partial charge in [-0.15, -0.1) is 10.2 Å². The maximum absolute atomic E-state index is 10.4. The Morgan fingerprint density at radius 2 is 2.21 bits per heavy atom. The number of carboxylic acid groups (broad SMARTS) is 1. The number of aryl methyl sites for hydroxylation is 1. The molecular formula is C12H10BrClN2O3. The zero-order chi connectivity index (χ0) is 13.8. The fourth-order valence-corrected chi connectivity index (χ4v) is 1.99. The fraction of sp³-hybridized carbons (Fsp3) is 0.250. The molecule has 1 N–H and O–H groups in total. The maximum atomic E-state index is 10.4. The van der Waals surface area contributed by atoms with Gasteiger partial charge in [0.1, 0.15) is 0 Å². The average Bonchev–Trinajstić information content (AvgIpc) is 2.81. The van der Waals surface area contributed by atoms with Gasteiger partial charge in [0.15, 0.2) is 0 Å². The molecule has 2 rings (SSSR count). The molecule has 1 heterocycles. The zero-order valence-corrected chi connectivity index (χ0v) is 12.1. The monoisotopic (exact) mass is 344 g/mol. The van der Waals surface area contributed by atoms with Gasteiger partial charge in [-0.2, -0.15) is 0 Å². The Kier molecular flexibility index (Phi) is 4.55. The van der Waals surface area contributed by atoms with E-state index in [9.17, 15) is 4.79 Å². The van der Waals surface area contributed by atoms with Crippen molar-refractivity contribution in [2.45, 2.75) is 19.3 Å². The molecule has 1 aromatic heterocycles. The van der Waals surface area contributed by atoms with Gasteiger partial charge in [0.25, 0.3) is 0 Å². The predicted molar refractivity (Wildman–Crippen MR) is 73.0 cm³/mol. The lowest BCUT2D eigenvalue weighted by molar-refractivity contribution is -0.137. The minimum atomic E-state index is -0.832. The van der Waals surface area contributed by atoms with E-state index in [-0.39, 0.29) is 6.42 Å². The van der Waals surface area contributed by atoms with E-state index in [1.54, 1.807) is 18.2 Å². The van der Waals surface area contributed by atoms with Gasteiger partial charge in [0.2, 0.25) is 11.8 Å². The summed E-state index contributed by atoms with van der Waals surface area (Å²) in [6.07, 6.45) is 1.01. The lowest BCUT2D eigenvalue weighted by atomic mass is 10.2. The molecule has 100 valence electrons. The third kappa shape index (κ3) is 3.78. The lowest BCUT2D eigenvalue weighted by Gasteiger charge is -1.98. The van der Waals surface area contributed by atoms with E-state index in [0.717, 1.165) is 10.0 Å². The van der Waals surface area contributed by atoms with Crippen molar-refractivity contribution >= 4 is 33.5 Å². The number of hydrogen-bond acceptors (Lipinski definition) is 4. The normalized spacial score (nSPS) is 10.6. The molecule has 7 heteroatoms. The van der Waals surface area contributed by atoms with Crippen molar-refractivity contribution in [3.8, 4) is 11.5 Å². The van der Waals surface area contributed by atoms with Gasteiger partial charge in [0.05, 0.1) is 5.02 Å². The van der Waals surface area contributed by atoms with Crippen LogP contribution in [-0.4, -0.2) is 21.3 Å². The molecule has 5 nitrogen and oxygen atoms in total. The molecule has 2 aromatic rings. The fourth-order valence-electron chi connectivity index (χ4n) is 1.49. The first-order valence-corrected chi connectivity index (χ1v) is 6.73. The van der Waals surface area contributed by atoms with Gasteiger partial charge in [-0.1, -0.05) is 11.6 Å². The predicted octanol–water partition coefficient (Wildman–Crippen LogP) is 3.56. The molecule has 0 fully saturated rings. The summed E-state index contributed by atoms with van der Waals surface area (Å²) >= 11 is 9.22. The van der Waals surface area contributed by atoms with Crippen LogP contribution in [0.15, 0.2) is 27.1 Å². The quantitative estimate of drug-likeness (QED) is 0.896. The number of carboxylic acids is 1. The summed E-state index contributed by atoms with van der Waals surface area (Å²) in [5, 5.41) is 17.0. The molecular weight excluding hydrogens is 336 g/mol. The molecule has 0 bridgehead atoms. The molecule has 0 amide bonds. The summed E-state index contributed by atoms with van der Waals surface area (Å²) in [6, 6.07) is 5.30. The van der Waals surface area contributed by atoms with Crippen molar-refractivity contribution in [3.05, 3.63) is 33.6 Å². The summed E-state index contributed by atoms with van der Waals surface area (Å²) in [5.74, 6) is -0.00798. The third-order valence-corrected chi connectivity index (χ3v) is 3.63. The number of aliphatic carboxylic acids is 1. The first-order valence-electron chi connectivity index (χ1n) is 5.56. The third-order valence-electron chi connectivity index (χ3n) is 2.41. The minimum absolute atomic E-state index is 0.0875. The molecule has 0 atom stereocenters. The number of benzene rings is 1. The van der Waals surface area contributed by atoms with Crippen LogP contribution >= 0.6 is 27.5 Å². The second-order valence-electron chi connectivity index (χ2n) is 3.88. The average molecular weight is 346 g/mol. The van der Waals surface area contributed by atoms with E-state index in [1.165, 1.54) is 0 Å². The molecule has 1 aromatic carbocycles. The largest absolute Gasteiger partial charge is 0.481 e. The Morgan fingerprint density at radius 3 is 2.89 bits per heavy atom. The molecule has 19 heavy (non-hydrogen) atoms. The Labute approximate surface area is 122 Å². The summed E-state index contributed by atoms with van der Waals surface area (Å²) in [4.78, 5) is 10.4. The van der Waals surface area contributed by atoms with E-state index in [4.69, 9.17) is 21.1 Å². The summed E-state index contributed by atoms with van der Waals surface area (Å²) in [7, 11) is 0. The first-order chi connectivity index (χ1) is 9.06. The van der Waals surface area contributed by atoms with Crippen LogP contribution in [0.25, 0.3) is 11.5 Å². The Hall–Kier alpha value is -1.40. The van der Waals surface area contributed by atoms with Gasteiger partial charge in [0, 0.05) is 22.9 Å². The maximum Gasteiger partial charge on any atom is 0.303 e. The number of hydrogen-bond donors (Lipinski definition) is 1. The van der Waals surface area contributed by atoms with Crippen LogP contribution in [0.5, 0.6) is 0 Å². The standard InChI is InChI=1S/C12H10BrClN2O3/c13-8-6-7(4-5-9(8)14)12-16-15-10(19-12)2-1-3-11(17)18/h4-6H,1-3H2,(H,17,18). The van der Waals surface area contributed by atoms with Crippen LogP contribution in [0.1, 0.15) is 18.7 Å². The second-order valence-corrected chi connectivity index (χ2v) is 5.14. The van der Waals surface area contributed by atoms with Crippen molar-refractivity contribution in [3.63, 3.8) is 0 Å². The topological polar surface area (TPSA) is 76.2 Å². The van der Waals surface area contributed by atoms with Gasteiger partial charge < -0.3 is 9.52 Å². The van der Waals surface area contributed by atoms with Gasteiger partial charge >= 0.3 is 5.97 Å². The Balaban J connectivity index is 2.07. The van der Waals surface area contributed by atoms with E-state index < -0.39 is 5.97 Å². The van der Waals surface area contributed by atoms with E-state index in [2.05, 4.69) is 26.1 Å². The molecule has 0 saturated carbocycles. The number of carbonyl (C=O) groups is 1. The van der Waals surface area contributed by atoms with Crippen LogP contribution < -0.4 is 0 Å².